The van der Waals surface area contributed by atoms with E-state index in [2.05, 4.69) is 52.4 Å². The van der Waals surface area contributed by atoms with Crippen LogP contribution in [0.5, 0.6) is 0 Å². The maximum absolute atomic E-state index is 9.43. The van der Waals surface area contributed by atoms with Crippen LogP contribution in [0.1, 0.15) is 28.9 Å². The van der Waals surface area contributed by atoms with Crippen LogP contribution in [0.25, 0.3) is 22.8 Å². The van der Waals surface area contributed by atoms with Crippen LogP contribution >= 0.6 is 11.3 Å². The molecule has 3 rings (SSSR count). The molecule has 0 saturated heterocycles. The van der Waals surface area contributed by atoms with Crippen molar-refractivity contribution >= 4 is 23.0 Å². The number of hydrogen-bond donors (Lipinski definition) is 1. The third-order valence-electron chi connectivity index (χ3n) is 3.60. The zero-order chi connectivity index (χ0) is 16.2. The van der Waals surface area contributed by atoms with Crippen molar-refractivity contribution in [3.8, 4) is 17.2 Å². The third kappa shape index (κ3) is 3.22. The molecule has 0 unspecified atom stereocenters. The first-order valence-electron chi connectivity index (χ1n) is 7.38. The summed E-state index contributed by atoms with van der Waals surface area (Å²) < 4.78 is 0. The fraction of sp³-hybridized carbons (Fsp3) is 0.167. The van der Waals surface area contributed by atoms with Crippen molar-refractivity contribution in [3.63, 3.8) is 0 Å². The summed E-state index contributed by atoms with van der Waals surface area (Å²) >= 11 is 1.47. The van der Waals surface area contributed by atoms with E-state index in [0.29, 0.717) is 5.57 Å². The van der Waals surface area contributed by atoms with E-state index in [1.54, 1.807) is 6.20 Å². The van der Waals surface area contributed by atoms with E-state index < -0.39 is 0 Å². The van der Waals surface area contributed by atoms with Crippen LogP contribution in [0, 0.1) is 18.3 Å². The lowest BCUT2D eigenvalue weighted by Crippen LogP contribution is -1.85. The number of nitrogens with one attached hydrogen (secondary N) is 1. The van der Waals surface area contributed by atoms with Gasteiger partial charge in [-0.2, -0.15) is 10.4 Å². The van der Waals surface area contributed by atoms with E-state index in [1.165, 1.54) is 16.9 Å². The van der Waals surface area contributed by atoms with Gasteiger partial charge in [-0.3, -0.25) is 5.10 Å². The summed E-state index contributed by atoms with van der Waals surface area (Å²) in [6.45, 7) is 4.06. The highest BCUT2D eigenvalue weighted by atomic mass is 32.1. The van der Waals surface area contributed by atoms with E-state index in [4.69, 9.17) is 0 Å². The van der Waals surface area contributed by atoms with E-state index in [9.17, 15) is 5.26 Å². The van der Waals surface area contributed by atoms with Crippen LogP contribution in [0.15, 0.2) is 35.8 Å². The fourth-order valence-corrected chi connectivity index (χ4v) is 3.08. The molecular weight excluding hydrogens is 304 g/mol. The Bertz CT molecular complexity index is 878. The van der Waals surface area contributed by atoms with Gasteiger partial charge in [-0.05, 0) is 30.5 Å². The first kappa shape index (κ1) is 15.2. The molecule has 0 aliphatic rings. The quantitative estimate of drug-likeness (QED) is 0.721. The molecule has 0 fully saturated rings. The minimum atomic E-state index is 0.541. The number of aromatic amines is 1. The fourth-order valence-electron chi connectivity index (χ4n) is 2.32. The molecule has 0 bridgehead atoms. The maximum atomic E-state index is 9.43. The van der Waals surface area contributed by atoms with Crippen molar-refractivity contribution in [2.75, 3.05) is 0 Å². The second kappa shape index (κ2) is 6.59. The summed E-state index contributed by atoms with van der Waals surface area (Å²) in [5, 5.41) is 19.2. The van der Waals surface area contributed by atoms with Crippen molar-refractivity contribution < 1.29 is 0 Å². The van der Waals surface area contributed by atoms with Gasteiger partial charge in [0.1, 0.15) is 11.1 Å². The standard InChI is InChI=1S/C18H16N4S/c1-3-13-4-6-14(7-5-13)16-10-20-22-17(16)8-15(9-19)18-21-12(2)11-23-18/h4-8,10-11H,3H2,1-2H3,(H,20,22)/b15-8+. The molecule has 2 heterocycles. The molecule has 0 amide bonds. The second-order valence-corrected chi connectivity index (χ2v) is 6.07. The van der Waals surface area contributed by atoms with Crippen LogP contribution in [0.3, 0.4) is 0 Å². The van der Waals surface area contributed by atoms with Gasteiger partial charge in [0.2, 0.25) is 0 Å². The van der Waals surface area contributed by atoms with Gasteiger partial charge in [-0.25, -0.2) is 4.98 Å². The van der Waals surface area contributed by atoms with Crippen molar-refractivity contribution in [2.24, 2.45) is 0 Å². The van der Waals surface area contributed by atoms with Gasteiger partial charge in [-0.15, -0.1) is 11.3 Å². The predicted octanol–water partition coefficient (Wildman–Crippen LogP) is 4.47. The molecule has 0 radical (unpaired) electrons. The topological polar surface area (TPSA) is 65.4 Å². The van der Waals surface area contributed by atoms with Gasteiger partial charge in [0, 0.05) is 16.6 Å². The average Bonchev–Trinajstić information content (AvgIpc) is 3.21. The number of benzene rings is 1. The minimum Gasteiger partial charge on any atom is -0.278 e. The number of rotatable bonds is 4. The van der Waals surface area contributed by atoms with Crippen molar-refractivity contribution in [3.05, 3.63) is 57.8 Å². The Morgan fingerprint density at radius 3 is 2.74 bits per heavy atom. The highest BCUT2D eigenvalue weighted by Crippen LogP contribution is 2.27. The molecule has 0 saturated carbocycles. The van der Waals surface area contributed by atoms with E-state index in [1.807, 2.05) is 18.4 Å². The van der Waals surface area contributed by atoms with Gasteiger partial charge in [0.15, 0.2) is 0 Å². The number of thiazole rings is 1. The van der Waals surface area contributed by atoms with Gasteiger partial charge in [0.05, 0.1) is 17.5 Å². The molecule has 4 nitrogen and oxygen atoms in total. The van der Waals surface area contributed by atoms with Crippen LogP contribution in [-0.2, 0) is 6.42 Å². The minimum absolute atomic E-state index is 0.541. The molecule has 114 valence electrons. The highest BCUT2D eigenvalue weighted by molar-refractivity contribution is 7.11. The summed E-state index contributed by atoms with van der Waals surface area (Å²) in [6.07, 6.45) is 4.61. The molecule has 1 aromatic carbocycles. The molecule has 5 heteroatoms. The second-order valence-electron chi connectivity index (χ2n) is 5.21. The van der Waals surface area contributed by atoms with Crippen LogP contribution in [0.2, 0.25) is 0 Å². The zero-order valence-corrected chi connectivity index (χ0v) is 13.8. The Labute approximate surface area is 139 Å². The summed E-state index contributed by atoms with van der Waals surface area (Å²) in [4.78, 5) is 4.38. The molecule has 1 N–H and O–H groups in total. The Morgan fingerprint density at radius 2 is 2.13 bits per heavy atom. The maximum Gasteiger partial charge on any atom is 0.134 e. The molecular formula is C18H16N4S. The third-order valence-corrected chi connectivity index (χ3v) is 4.59. The Morgan fingerprint density at radius 1 is 1.35 bits per heavy atom. The first-order valence-corrected chi connectivity index (χ1v) is 8.26. The summed E-state index contributed by atoms with van der Waals surface area (Å²) in [6, 6.07) is 10.6. The number of nitriles is 1. The molecule has 3 aromatic rings. The lowest BCUT2D eigenvalue weighted by atomic mass is 10.0. The number of allylic oxidation sites excluding steroid dienone is 1. The van der Waals surface area contributed by atoms with Gasteiger partial charge >= 0.3 is 0 Å². The van der Waals surface area contributed by atoms with Crippen molar-refractivity contribution in [1.29, 1.82) is 5.26 Å². The number of aryl methyl sites for hydroxylation is 2. The summed E-state index contributed by atoms with van der Waals surface area (Å²) in [7, 11) is 0. The SMILES string of the molecule is CCc1ccc(-c2cn[nH]c2/C=C(\C#N)c2nc(C)cs2)cc1. The molecule has 0 aliphatic heterocycles. The molecule has 0 atom stereocenters. The van der Waals surface area contributed by atoms with Gasteiger partial charge in [-0.1, -0.05) is 31.2 Å². The van der Waals surface area contributed by atoms with Gasteiger partial charge in [0.25, 0.3) is 0 Å². The van der Waals surface area contributed by atoms with Crippen LogP contribution in [-0.4, -0.2) is 15.2 Å². The predicted molar refractivity (Wildman–Crippen MR) is 93.7 cm³/mol. The Balaban J connectivity index is 1.99. The van der Waals surface area contributed by atoms with Crippen molar-refractivity contribution in [2.45, 2.75) is 20.3 Å². The first-order chi connectivity index (χ1) is 11.2. The van der Waals surface area contributed by atoms with E-state index in [-0.39, 0.29) is 0 Å². The van der Waals surface area contributed by atoms with E-state index >= 15 is 0 Å². The van der Waals surface area contributed by atoms with Crippen molar-refractivity contribution in [1.82, 2.24) is 15.2 Å². The molecule has 0 spiro atoms. The monoisotopic (exact) mass is 320 g/mol. The lowest BCUT2D eigenvalue weighted by Gasteiger charge is -2.02. The van der Waals surface area contributed by atoms with Crippen LogP contribution in [0.4, 0.5) is 0 Å². The number of nitrogens with zero attached hydrogens (tertiary/aromatic N) is 3. The normalized spacial score (nSPS) is 11.4. The van der Waals surface area contributed by atoms with E-state index in [0.717, 1.165) is 33.9 Å². The highest BCUT2D eigenvalue weighted by Gasteiger charge is 2.10. The smallest absolute Gasteiger partial charge is 0.134 e. The Kier molecular flexibility index (Phi) is 4.35. The summed E-state index contributed by atoms with van der Waals surface area (Å²) in [5.74, 6) is 0. The Hall–Kier alpha value is -2.71. The molecule has 2 aromatic heterocycles. The largest absolute Gasteiger partial charge is 0.278 e. The van der Waals surface area contributed by atoms with Gasteiger partial charge < -0.3 is 0 Å². The zero-order valence-electron chi connectivity index (χ0n) is 13.0. The average molecular weight is 320 g/mol. The number of H-pyrrole nitrogens is 1. The van der Waals surface area contributed by atoms with Crippen LogP contribution < -0.4 is 0 Å². The summed E-state index contributed by atoms with van der Waals surface area (Å²) in [5.41, 5.74) is 5.64. The molecule has 0 aliphatic carbocycles. The lowest BCUT2D eigenvalue weighted by molar-refractivity contribution is 1.08. The number of aromatic nitrogens is 3. The molecule has 23 heavy (non-hydrogen) atoms. The number of hydrogen-bond acceptors (Lipinski definition) is 4.